The summed E-state index contributed by atoms with van der Waals surface area (Å²) in [7, 11) is 0. The summed E-state index contributed by atoms with van der Waals surface area (Å²) < 4.78 is 20.0. The minimum atomic E-state index is -0.575. The first-order chi connectivity index (χ1) is 20.8. The van der Waals surface area contributed by atoms with Crippen LogP contribution in [0.5, 0.6) is 0 Å². The van der Waals surface area contributed by atoms with E-state index in [-0.39, 0.29) is 11.5 Å². The van der Waals surface area contributed by atoms with Gasteiger partial charge in [-0.2, -0.15) is 0 Å². The molecule has 0 spiro atoms. The molecule has 1 amide bonds. The van der Waals surface area contributed by atoms with Gasteiger partial charge in [-0.05, 0) is 59.2 Å². The summed E-state index contributed by atoms with van der Waals surface area (Å²) in [6, 6.07) is 6.15. The zero-order valence-corrected chi connectivity index (χ0v) is 27.5. The van der Waals surface area contributed by atoms with Crippen molar-refractivity contribution in [2.75, 3.05) is 51.7 Å². The van der Waals surface area contributed by atoms with Crippen molar-refractivity contribution in [1.29, 1.82) is 0 Å². The number of carbonyl (C=O) groups is 1. The van der Waals surface area contributed by atoms with Crippen LogP contribution in [0.2, 0.25) is 0 Å². The summed E-state index contributed by atoms with van der Waals surface area (Å²) in [5.74, 6) is 7.50. The molecular weight excluding hydrogens is 556 g/mol. The van der Waals surface area contributed by atoms with Gasteiger partial charge in [-0.3, -0.25) is 4.90 Å². The van der Waals surface area contributed by atoms with Gasteiger partial charge in [0.05, 0.1) is 30.8 Å². The van der Waals surface area contributed by atoms with Gasteiger partial charge in [0, 0.05) is 55.5 Å². The highest BCUT2D eigenvalue weighted by Gasteiger charge is 2.38. The van der Waals surface area contributed by atoms with E-state index in [4.69, 9.17) is 29.9 Å². The van der Waals surface area contributed by atoms with Gasteiger partial charge in [0.25, 0.3) is 0 Å². The molecule has 0 unspecified atom stereocenters. The van der Waals surface area contributed by atoms with E-state index < -0.39 is 11.4 Å². The molecule has 0 aliphatic carbocycles. The molecule has 5 rings (SSSR count). The van der Waals surface area contributed by atoms with Crippen LogP contribution in [0, 0.1) is 17.3 Å². The maximum Gasteiger partial charge on any atom is 0.410 e. The summed E-state index contributed by atoms with van der Waals surface area (Å²) in [5.41, 5.74) is 9.27. The molecule has 2 aliphatic heterocycles. The van der Waals surface area contributed by atoms with E-state index in [0.717, 1.165) is 65.7 Å². The Bertz CT molecular complexity index is 1560. The number of ether oxygens (including phenoxy) is 3. The molecule has 44 heavy (non-hydrogen) atoms. The second kappa shape index (κ2) is 12.5. The van der Waals surface area contributed by atoms with Crippen molar-refractivity contribution in [3.63, 3.8) is 0 Å². The number of nitrogen functional groups attached to an aromatic ring is 1. The number of piperazine rings is 1. The fraction of sp³-hybridized carbons (Fsp3) is 0.618. The number of pyridine rings is 1. The van der Waals surface area contributed by atoms with E-state index in [9.17, 15) is 4.79 Å². The number of hydrogen-bond donors (Lipinski definition) is 1. The van der Waals surface area contributed by atoms with Crippen molar-refractivity contribution in [3.05, 3.63) is 29.6 Å². The molecule has 238 valence electrons. The molecule has 2 saturated heterocycles. The van der Waals surface area contributed by atoms with Crippen molar-refractivity contribution < 1.29 is 19.0 Å². The Morgan fingerprint density at radius 1 is 1.09 bits per heavy atom. The topological polar surface area (TPSA) is 108 Å². The maximum absolute atomic E-state index is 12.4. The summed E-state index contributed by atoms with van der Waals surface area (Å²) in [6.45, 7) is 19.3. The highest BCUT2D eigenvalue weighted by molar-refractivity contribution is 6.06. The van der Waals surface area contributed by atoms with E-state index in [0.29, 0.717) is 45.2 Å². The van der Waals surface area contributed by atoms with Gasteiger partial charge in [0.15, 0.2) is 11.6 Å². The molecule has 10 heteroatoms. The van der Waals surface area contributed by atoms with E-state index in [2.05, 4.69) is 41.2 Å². The fourth-order valence-electron chi connectivity index (χ4n) is 5.65. The molecule has 2 N–H and O–H groups in total. The number of nitrogens with zero attached hydrogens (tertiary/aromatic N) is 5. The molecule has 0 bridgehead atoms. The molecule has 2 aromatic heterocycles. The number of aryl methyl sites for hydroxylation is 1. The van der Waals surface area contributed by atoms with Crippen LogP contribution in [0.1, 0.15) is 72.7 Å². The standard InChI is InChI=1S/C34H48N6O4/c1-8-9-12-27-37-28-29(40(27)21-34(7)22-42-33(5,6)43-23-34)25-14-13-24(20-26(25)36-30(28)35)11-10-15-38-16-18-39(19-17-38)31(41)44-32(2,3)4/h13-14,20H,8-9,12,15-19,21-23H2,1-7H3,(H2,35,36). The number of amides is 1. The van der Waals surface area contributed by atoms with Crippen LogP contribution in [0.3, 0.4) is 0 Å². The smallest absolute Gasteiger partial charge is 0.410 e. The first-order valence-electron chi connectivity index (χ1n) is 15.8. The van der Waals surface area contributed by atoms with Crippen molar-refractivity contribution in [2.24, 2.45) is 5.41 Å². The van der Waals surface area contributed by atoms with Gasteiger partial charge in [0.1, 0.15) is 16.9 Å². The molecule has 2 aliphatic rings. The lowest BCUT2D eigenvalue weighted by Gasteiger charge is -2.41. The Hall–Kier alpha value is -3.39. The number of carbonyl (C=O) groups excluding carboxylic acids is 1. The minimum Gasteiger partial charge on any atom is -0.444 e. The second-order valence-corrected chi connectivity index (χ2v) is 14.0. The van der Waals surface area contributed by atoms with Gasteiger partial charge in [0.2, 0.25) is 0 Å². The van der Waals surface area contributed by atoms with Gasteiger partial charge in [-0.1, -0.05) is 32.1 Å². The summed E-state index contributed by atoms with van der Waals surface area (Å²) >= 11 is 0. The van der Waals surface area contributed by atoms with E-state index in [1.54, 1.807) is 4.90 Å². The number of fused-ring (bicyclic) bond motifs is 3. The number of benzene rings is 1. The Labute approximate surface area is 261 Å². The maximum atomic E-state index is 12.4. The van der Waals surface area contributed by atoms with Crippen molar-refractivity contribution in [1.82, 2.24) is 24.3 Å². The van der Waals surface area contributed by atoms with Crippen LogP contribution < -0.4 is 5.73 Å². The number of unbranched alkanes of at least 4 members (excludes halogenated alkanes) is 1. The third-order valence-electron chi connectivity index (χ3n) is 8.17. The molecule has 2 fully saturated rings. The van der Waals surface area contributed by atoms with Gasteiger partial charge < -0.3 is 29.4 Å². The highest BCUT2D eigenvalue weighted by Crippen LogP contribution is 2.35. The van der Waals surface area contributed by atoms with Crippen LogP contribution in [0.15, 0.2) is 18.2 Å². The zero-order valence-electron chi connectivity index (χ0n) is 27.5. The van der Waals surface area contributed by atoms with Gasteiger partial charge >= 0.3 is 6.09 Å². The Morgan fingerprint density at radius 3 is 2.45 bits per heavy atom. The second-order valence-electron chi connectivity index (χ2n) is 14.0. The van der Waals surface area contributed by atoms with Crippen LogP contribution in [-0.4, -0.2) is 87.8 Å². The predicted molar refractivity (Wildman–Crippen MR) is 173 cm³/mol. The summed E-state index contributed by atoms with van der Waals surface area (Å²) in [4.78, 5) is 26.2. The molecule has 10 nitrogen and oxygen atoms in total. The number of hydrogen-bond acceptors (Lipinski definition) is 8. The third kappa shape index (κ3) is 7.45. The third-order valence-corrected chi connectivity index (χ3v) is 8.17. The summed E-state index contributed by atoms with van der Waals surface area (Å²) in [5, 5.41) is 1.01. The molecular formula is C34H48N6O4. The van der Waals surface area contributed by atoms with Crippen molar-refractivity contribution in [2.45, 2.75) is 85.7 Å². The van der Waals surface area contributed by atoms with Crippen molar-refractivity contribution >= 4 is 33.8 Å². The largest absolute Gasteiger partial charge is 0.444 e. The average molecular weight is 605 g/mol. The molecule has 0 radical (unpaired) electrons. The van der Waals surface area contributed by atoms with E-state index >= 15 is 0 Å². The number of rotatable bonds is 6. The number of imidazole rings is 1. The molecule has 3 aromatic rings. The zero-order chi connectivity index (χ0) is 31.7. The molecule has 0 atom stereocenters. The van der Waals surface area contributed by atoms with Crippen LogP contribution in [0.25, 0.3) is 21.9 Å². The summed E-state index contributed by atoms with van der Waals surface area (Å²) in [6.07, 6.45) is 2.74. The predicted octanol–water partition coefficient (Wildman–Crippen LogP) is 5.20. The van der Waals surface area contributed by atoms with Crippen LogP contribution >= 0.6 is 0 Å². The number of aromatic nitrogens is 3. The lowest BCUT2D eigenvalue weighted by Crippen LogP contribution is -2.50. The first kappa shape index (κ1) is 32.0. The fourth-order valence-corrected chi connectivity index (χ4v) is 5.65. The molecule has 1 aromatic carbocycles. The van der Waals surface area contributed by atoms with Gasteiger partial charge in [-0.15, -0.1) is 0 Å². The number of nitrogens with two attached hydrogens (primary N) is 1. The lowest BCUT2D eigenvalue weighted by molar-refractivity contribution is -0.284. The monoisotopic (exact) mass is 604 g/mol. The van der Waals surface area contributed by atoms with Gasteiger partial charge in [-0.25, -0.2) is 14.8 Å². The Kier molecular flexibility index (Phi) is 9.13. The average Bonchev–Trinajstić information content (AvgIpc) is 3.31. The quantitative estimate of drug-likeness (QED) is 0.383. The highest BCUT2D eigenvalue weighted by atomic mass is 16.7. The molecule has 4 heterocycles. The number of anilines is 1. The first-order valence-corrected chi connectivity index (χ1v) is 15.8. The Morgan fingerprint density at radius 2 is 1.80 bits per heavy atom. The lowest BCUT2D eigenvalue weighted by atomic mass is 9.91. The Balaban J connectivity index is 1.36. The SMILES string of the molecule is CCCCc1nc2c(N)nc3cc(C#CCN4CCN(C(=O)OC(C)(C)C)CC4)ccc3c2n1CC1(C)COC(C)(C)OC1. The van der Waals surface area contributed by atoms with E-state index in [1.165, 1.54) is 0 Å². The minimum absolute atomic E-state index is 0.210. The molecule has 0 saturated carbocycles. The van der Waals surface area contributed by atoms with E-state index in [1.807, 2.05) is 46.8 Å². The van der Waals surface area contributed by atoms with Crippen LogP contribution in [-0.2, 0) is 27.2 Å². The van der Waals surface area contributed by atoms with Crippen molar-refractivity contribution in [3.8, 4) is 11.8 Å². The van der Waals surface area contributed by atoms with Crippen LogP contribution in [0.4, 0.5) is 10.6 Å². The normalized spacial score (nSPS) is 18.8.